The predicted octanol–water partition coefficient (Wildman–Crippen LogP) is 0.373. The summed E-state index contributed by atoms with van der Waals surface area (Å²) in [6.45, 7) is 2.98. The van der Waals surface area contributed by atoms with Crippen LogP contribution < -0.4 is 16.1 Å². The van der Waals surface area contributed by atoms with Crippen LogP contribution in [0.25, 0.3) is 0 Å². The Hall–Kier alpha value is -1.63. The van der Waals surface area contributed by atoms with Crippen LogP contribution in [0.5, 0.6) is 0 Å². The molecule has 0 radical (unpaired) electrons. The summed E-state index contributed by atoms with van der Waals surface area (Å²) in [5.74, 6) is 1.52. The highest BCUT2D eigenvalue weighted by Crippen LogP contribution is 3.09. The van der Waals surface area contributed by atoms with Crippen molar-refractivity contribution >= 4 is 40.1 Å². The minimum absolute atomic E-state index is 0.0657. The van der Waals surface area contributed by atoms with Gasteiger partial charge in [-0.05, 0) is 36.2 Å². The first-order valence-electron chi connectivity index (χ1n) is 12.6. The van der Waals surface area contributed by atoms with Crippen LogP contribution in [0, 0.1) is 0 Å². The molecule has 0 aliphatic carbocycles. The Morgan fingerprint density at radius 3 is 2.20 bits per heavy atom. The summed E-state index contributed by atoms with van der Waals surface area (Å²) in [7, 11) is -1.46. The molecule has 4 N–H and O–H groups in total. The van der Waals surface area contributed by atoms with Gasteiger partial charge in [-0.1, -0.05) is 18.6 Å². The molecule has 4 unspecified atom stereocenters. The molecule has 4 atom stereocenters. The van der Waals surface area contributed by atoms with Gasteiger partial charge in [0, 0.05) is 34.4 Å². The number of ether oxygens (including phenoxy) is 3. The molecule has 194 valence electrons. The van der Waals surface area contributed by atoms with Crippen molar-refractivity contribution < 1.29 is 33.8 Å². The number of unbranched alkanes of at least 4 members (excludes halogenated alkanes) is 1. The predicted molar refractivity (Wildman–Crippen MR) is 137 cm³/mol. The fraction of sp³-hybridized carbons (Fsp3) is 0.667. The lowest BCUT2D eigenvalue weighted by Gasteiger charge is -2.09. The Kier molecular flexibility index (Phi) is 9.49. The lowest BCUT2D eigenvalue weighted by Crippen LogP contribution is -2.29. The van der Waals surface area contributed by atoms with Gasteiger partial charge in [0.05, 0.1) is 46.1 Å². The molecule has 1 aromatic carbocycles. The topological polar surface area (TPSA) is 126 Å². The first-order chi connectivity index (χ1) is 17.0. The Morgan fingerprint density at radius 2 is 1.57 bits per heavy atom. The van der Waals surface area contributed by atoms with Crippen LogP contribution in [-0.2, 0) is 23.8 Å². The van der Waals surface area contributed by atoms with Gasteiger partial charge in [-0.2, -0.15) is 0 Å². The third-order valence-electron chi connectivity index (χ3n) is 6.97. The molecule has 1 spiro atoms. The second-order valence-corrected chi connectivity index (χ2v) is 13.2. The summed E-state index contributed by atoms with van der Waals surface area (Å²) in [6, 6.07) is 6.29. The molecule has 2 amide bonds. The molecule has 0 saturated carbocycles. The van der Waals surface area contributed by atoms with Crippen LogP contribution in [0.2, 0.25) is 0 Å². The number of carbonyl (C=O) groups excluding carboxylic acids is 2. The maximum Gasteiger partial charge on any atom is 0.488 e. The zero-order valence-corrected chi connectivity index (χ0v) is 21.0. The van der Waals surface area contributed by atoms with Crippen molar-refractivity contribution in [2.75, 3.05) is 57.3 Å². The first-order valence-corrected chi connectivity index (χ1v) is 14.5. The maximum absolute atomic E-state index is 11.9. The third-order valence-corrected chi connectivity index (χ3v) is 11.8. The molecule has 0 aromatic heterocycles. The van der Waals surface area contributed by atoms with Gasteiger partial charge >= 0.3 is 7.12 Å². The van der Waals surface area contributed by atoms with Gasteiger partial charge < -0.3 is 34.9 Å². The van der Waals surface area contributed by atoms with Gasteiger partial charge in [-0.3, -0.25) is 9.59 Å². The second kappa shape index (κ2) is 12.6. The maximum atomic E-state index is 11.9. The summed E-state index contributed by atoms with van der Waals surface area (Å²) in [6.07, 6.45) is 4.40. The van der Waals surface area contributed by atoms with Gasteiger partial charge in [0.2, 0.25) is 11.8 Å². The minimum Gasteiger partial charge on any atom is -0.423 e. The quantitative estimate of drug-likeness (QED) is 0.121. The monoisotopic (exact) mass is 508 g/mol. The first kappa shape index (κ1) is 26.4. The summed E-state index contributed by atoms with van der Waals surface area (Å²) < 4.78 is 16.3. The summed E-state index contributed by atoms with van der Waals surface area (Å²) in [5.41, 5.74) is 0.944. The second-order valence-electron chi connectivity index (χ2n) is 9.34. The highest BCUT2D eigenvalue weighted by Gasteiger charge is 2.93. The van der Waals surface area contributed by atoms with Crippen LogP contribution >= 0.6 is 10.0 Å². The van der Waals surface area contributed by atoms with Crippen molar-refractivity contribution in [2.45, 2.75) is 47.9 Å². The molecule has 1 aromatic rings. The van der Waals surface area contributed by atoms with E-state index in [1.165, 1.54) is 35.5 Å². The van der Waals surface area contributed by atoms with Crippen LogP contribution in [0.15, 0.2) is 24.3 Å². The normalized spacial score (nSPS) is 26.6. The average Bonchev–Trinajstić information content (AvgIpc) is 3.77. The molecule has 11 heteroatoms. The summed E-state index contributed by atoms with van der Waals surface area (Å²) in [5, 5.41) is 27.2. The molecule has 3 heterocycles. The van der Waals surface area contributed by atoms with Crippen LogP contribution in [0.4, 0.5) is 5.69 Å². The Morgan fingerprint density at radius 1 is 0.914 bits per heavy atom. The van der Waals surface area contributed by atoms with E-state index in [0.29, 0.717) is 57.2 Å². The van der Waals surface area contributed by atoms with E-state index in [0.717, 1.165) is 11.7 Å². The van der Waals surface area contributed by atoms with Crippen molar-refractivity contribution in [1.82, 2.24) is 5.32 Å². The van der Waals surface area contributed by atoms with Crippen molar-refractivity contribution in [3.8, 4) is 0 Å². The lowest BCUT2D eigenvalue weighted by molar-refractivity contribution is -0.121. The van der Waals surface area contributed by atoms with Gasteiger partial charge in [0.1, 0.15) is 0 Å². The summed E-state index contributed by atoms with van der Waals surface area (Å²) in [4.78, 5) is 23.7. The van der Waals surface area contributed by atoms with Gasteiger partial charge in [-0.25, -0.2) is 10.0 Å². The van der Waals surface area contributed by atoms with E-state index in [-0.39, 0.29) is 34.9 Å². The molecule has 3 aliphatic heterocycles. The molecule has 35 heavy (non-hydrogen) atoms. The van der Waals surface area contributed by atoms with Crippen molar-refractivity contribution in [3.63, 3.8) is 0 Å². The van der Waals surface area contributed by atoms with Crippen LogP contribution in [0.1, 0.15) is 32.1 Å². The van der Waals surface area contributed by atoms with E-state index in [2.05, 4.69) is 10.6 Å². The van der Waals surface area contributed by atoms with Crippen molar-refractivity contribution in [2.24, 2.45) is 0 Å². The van der Waals surface area contributed by atoms with Crippen molar-refractivity contribution in [3.05, 3.63) is 24.3 Å². The van der Waals surface area contributed by atoms with E-state index in [9.17, 15) is 9.59 Å². The average molecular weight is 508 g/mol. The lowest BCUT2D eigenvalue weighted by atomic mass is 9.80. The van der Waals surface area contributed by atoms with E-state index >= 15 is 0 Å². The number of hydrogen-bond donors (Lipinski definition) is 4. The molecule has 9 nitrogen and oxygen atoms in total. The summed E-state index contributed by atoms with van der Waals surface area (Å²) >= 11 is 0. The Balaban J connectivity index is 0.862. The van der Waals surface area contributed by atoms with Gasteiger partial charge in [0.25, 0.3) is 0 Å². The number of carbonyl (C=O) groups is 2. The van der Waals surface area contributed by atoms with Crippen LogP contribution in [0.3, 0.4) is 0 Å². The zero-order chi connectivity index (χ0) is 24.7. The van der Waals surface area contributed by atoms with E-state index in [1.54, 1.807) is 17.9 Å². The van der Waals surface area contributed by atoms with Crippen LogP contribution in [-0.4, -0.2) is 96.7 Å². The molecule has 4 rings (SSSR count). The van der Waals surface area contributed by atoms with Gasteiger partial charge in [0.15, 0.2) is 0 Å². The number of rotatable bonds is 19. The highest BCUT2D eigenvalue weighted by molar-refractivity contribution is 8.54. The van der Waals surface area contributed by atoms with Gasteiger partial charge in [-0.15, -0.1) is 0 Å². The molecular formula is C24H37BN2O7S. The Bertz CT molecular complexity index is 859. The standard InChI is InChI=1S/C24H37BN2O7S/c28-22(4-2-1-3-20-24-21-17-35(20,21)24)26-10-12-33-14-16-34-15-13-32-11-9-23(29)27-19-7-5-18(6-8-19)25(30)31/h5-8,20-21,24,30-31H,1-4,9-17H2,(H,26,28)(H,27,29). The Labute approximate surface area is 208 Å². The highest BCUT2D eigenvalue weighted by atomic mass is 32.3. The van der Waals surface area contributed by atoms with E-state index in [1.807, 2.05) is 0 Å². The number of nitrogens with one attached hydrogen (secondary N) is 2. The van der Waals surface area contributed by atoms with E-state index in [4.69, 9.17) is 24.3 Å². The fourth-order valence-corrected chi connectivity index (χ4v) is 10.1. The number of fused-ring (bicyclic) bond motifs is 1. The number of amides is 2. The van der Waals surface area contributed by atoms with Crippen molar-refractivity contribution in [1.29, 1.82) is 0 Å². The third kappa shape index (κ3) is 7.44. The van der Waals surface area contributed by atoms with E-state index < -0.39 is 7.12 Å². The fourth-order valence-electron chi connectivity index (χ4n) is 4.77. The molecule has 0 bridgehead atoms. The number of benzene rings is 1. The molecule has 3 saturated heterocycles. The smallest absolute Gasteiger partial charge is 0.423 e. The number of anilines is 1. The zero-order valence-electron chi connectivity index (χ0n) is 20.2. The largest absolute Gasteiger partial charge is 0.488 e. The molecule has 3 fully saturated rings. The SMILES string of the molecule is O=C(CCCCC1C2C3CS132)NCCOCCOCCOCCC(=O)Nc1ccc(B(O)O)cc1. The molecule has 3 aliphatic rings. The molecular weight excluding hydrogens is 471 g/mol. The minimum atomic E-state index is -1.53. The number of hydrogen-bond acceptors (Lipinski definition) is 7.